The van der Waals surface area contributed by atoms with Crippen LogP contribution in [0.5, 0.6) is 11.5 Å². The fraction of sp³-hybridized carbons (Fsp3) is 0.211. The van der Waals surface area contributed by atoms with Crippen LogP contribution in [0.1, 0.15) is 17.0 Å². The van der Waals surface area contributed by atoms with Crippen molar-refractivity contribution in [3.63, 3.8) is 0 Å². The van der Waals surface area contributed by atoms with E-state index in [0.29, 0.717) is 17.8 Å². The van der Waals surface area contributed by atoms with E-state index in [1.807, 2.05) is 4.90 Å². The molecule has 2 heterocycles. The van der Waals surface area contributed by atoms with Crippen molar-refractivity contribution >= 4 is 32.6 Å². The molecule has 3 aromatic rings. The van der Waals surface area contributed by atoms with E-state index in [2.05, 4.69) is 4.74 Å². The highest BCUT2D eigenvalue weighted by Crippen LogP contribution is 2.33. The van der Waals surface area contributed by atoms with Gasteiger partial charge in [-0.3, -0.25) is 0 Å². The van der Waals surface area contributed by atoms with E-state index in [1.54, 1.807) is 6.07 Å². The summed E-state index contributed by atoms with van der Waals surface area (Å²) >= 11 is 0. The van der Waals surface area contributed by atoms with Gasteiger partial charge in [0.25, 0.3) is 0 Å². The molecule has 0 aliphatic carbocycles. The predicted octanol–water partition coefficient (Wildman–Crippen LogP) is 3.55. The molecular formula is C19H14F4N2O6S. The second-order valence-corrected chi connectivity index (χ2v) is 8.41. The molecule has 0 unspecified atom stereocenters. The number of benzene rings is 2. The Labute approximate surface area is 178 Å². The first kappa shape index (κ1) is 21.9. The lowest BCUT2D eigenvalue weighted by molar-refractivity contribution is -0.275. The molecule has 2 N–H and O–H groups in total. The predicted molar refractivity (Wildman–Crippen MR) is 102 cm³/mol. The third-order valence-corrected chi connectivity index (χ3v) is 5.58. The molecule has 0 saturated carbocycles. The zero-order chi connectivity index (χ0) is 23.3. The summed E-state index contributed by atoms with van der Waals surface area (Å²) in [5, 5.41) is 4.96. The zero-order valence-electron chi connectivity index (χ0n) is 16.0. The van der Waals surface area contributed by atoms with Crippen LogP contribution in [0, 0.1) is 5.82 Å². The Bertz CT molecular complexity index is 1320. The van der Waals surface area contributed by atoms with Crippen molar-refractivity contribution in [3.05, 3.63) is 48.0 Å². The van der Waals surface area contributed by atoms with Crippen molar-refractivity contribution in [3.8, 4) is 11.5 Å². The van der Waals surface area contributed by atoms with Crippen LogP contribution >= 0.6 is 0 Å². The molecule has 1 aliphatic heterocycles. The van der Waals surface area contributed by atoms with Gasteiger partial charge in [0.2, 0.25) is 15.8 Å². The number of halogens is 4. The molecule has 4 rings (SSSR count). The number of hydrogen-bond acceptors (Lipinski definition) is 7. The van der Waals surface area contributed by atoms with E-state index < -0.39 is 50.3 Å². The molecule has 0 bridgehead atoms. The third kappa shape index (κ3) is 4.48. The van der Waals surface area contributed by atoms with E-state index in [1.165, 1.54) is 6.07 Å². The van der Waals surface area contributed by atoms with E-state index in [9.17, 15) is 30.8 Å². The SMILES string of the molecule is NS(=O)(=O)c1cc(OC(=O)c2cc3c(F)cc(N4CCC4)cc3o2)ccc1OC(F)(F)F. The van der Waals surface area contributed by atoms with Crippen LogP contribution < -0.4 is 19.5 Å². The number of alkyl halides is 3. The Hall–Kier alpha value is -3.32. The Morgan fingerprint density at radius 2 is 1.84 bits per heavy atom. The lowest BCUT2D eigenvalue weighted by atomic mass is 10.1. The molecule has 1 aliphatic rings. The summed E-state index contributed by atoms with van der Waals surface area (Å²) in [7, 11) is -4.66. The fourth-order valence-electron chi connectivity index (χ4n) is 3.08. The Balaban J connectivity index is 1.62. The van der Waals surface area contributed by atoms with Gasteiger partial charge < -0.3 is 18.8 Å². The molecule has 0 radical (unpaired) electrons. The number of sulfonamides is 1. The largest absolute Gasteiger partial charge is 0.573 e. The van der Waals surface area contributed by atoms with Gasteiger partial charge in [0.1, 0.15) is 27.8 Å². The number of anilines is 1. The average Bonchev–Trinajstić information content (AvgIpc) is 3.04. The van der Waals surface area contributed by atoms with Gasteiger partial charge in [0.15, 0.2) is 0 Å². The number of primary sulfonamides is 1. The van der Waals surface area contributed by atoms with E-state index in [4.69, 9.17) is 14.3 Å². The minimum atomic E-state index is -5.18. The van der Waals surface area contributed by atoms with Gasteiger partial charge in [-0.2, -0.15) is 0 Å². The monoisotopic (exact) mass is 474 g/mol. The summed E-state index contributed by atoms with van der Waals surface area (Å²) in [6.45, 7) is 1.53. The molecule has 32 heavy (non-hydrogen) atoms. The number of furan rings is 1. The molecular weight excluding hydrogens is 460 g/mol. The maximum atomic E-state index is 14.4. The number of ether oxygens (including phenoxy) is 2. The van der Waals surface area contributed by atoms with Crippen LogP contribution in [-0.2, 0) is 10.0 Å². The van der Waals surface area contributed by atoms with Crippen LogP contribution in [0.25, 0.3) is 11.0 Å². The quantitative estimate of drug-likeness (QED) is 0.342. The minimum absolute atomic E-state index is 0.0281. The number of nitrogens with zero attached hydrogens (tertiary/aromatic N) is 1. The van der Waals surface area contributed by atoms with Gasteiger partial charge in [-0.1, -0.05) is 0 Å². The number of hydrogen-bond donors (Lipinski definition) is 1. The maximum Gasteiger partial charge on any atom is 0.573 e. The number of esters is 1. The highest BCUT2D eigenvalue weighted by atomic mass is 32.2. The van der Waals surface area contributed by atoms with Gasteiger partial charge in [0.05, 0.1) is 5.39 Å². The van der Waals surface area contributed by atoms with Crippen molar-refractivity contribution in [1.82, 2.24) is 0 Å². The second kappa shape index (κ2) is 7.67. The Morgan fingerprint density at radius 1 is 1.12 bits per heavy atom. The van der Waals surface area contributed by atoms with E-state index >= 15 is 0 Å². The highest BCUT2D eigenvalue weighted by Gasteiger charge is 2.34. The minimum Gasteiger partial charge on any atom is -0.449 e. The van der Waals surface area contributed by atoms with Crippen LogP contribution in [-0.4, -0.2) is 33.8 Å². The third-order valence-electron chi connectivity index (χ3n) is 4.65. The van der Waals surface area contributed by atoms with Gasteiger partial charge in [-0.15, -0.1) is 13.2 Å². The Kier molecular flexibility index (Phi) is 5.25. The highest BCUT2D eigenvalue weighted by molar-refractivity contribution is 7.89. The lowest BCUT2D eigenvalue weighted by Crippen LogP contribution is -2.36. The average molecular weight is 474 g/mol. The molecule has 1 fully saturated rings. The van der Waals surface area contributed by atoms with Crippen molar-refractivity contribution in [2.24, 2.45) is 5.14 Å². The van der Waals surface area contributed by atoms with Crippen LogP contribution in [0.2, 0.25) is 0 Å². The molecule has 170 valence electrons. The molecule has 1 aromatic heterocycles. The summed E-state index contributed by atoms with van der Waals surface area (Å²) < 4.78 is 89.2. The van der Waals surface area contributed by atoms with Crippen molar-refractivity contribution in [1.29, 1.82) is 0 Å². The number of nitrogens with two attached hydrogens (primary N) is 1. The van der Waals surface area contributed by atoms with Gasteiger partial charge >= 0.3 is 12.3 Å². The van der Waals surface area contributed by atoms with Gasteiger partial charge in [0, 0.05) is 37.0 Å². The van der Waals surface area contributed by atoms with E-state index in [0.717, 1.165) is 31.6 Å². The van der Waals surface area contributed by atoms with Crippen LogP contribution in [0.4, 0.5) is 23.2 Å². The molecule has 2 aromatic carbocycles. The van der Waals surface area contributed by atoms with Crippen LogP contribution in [0.3, 0.4) is 0 Å². The molecule has 13 heteroatoms. The molecule has 0 amide bonds. The number of carbonyl (C=O) groups excluding carboxylic acids is 1. The summed E-state index contributed by atoms with van der Waals surface area (Å²) in [4.78, 5) is 13.3. The zero-order valence-corrected chi connectivity index (χ0v) is 16.8. The summed E-state index contributed by atoms with van der Waals surface area (Å²) in [6.07, 6.45) is -4.20. The van der Waals surface area contributed by atoms with Gasteiger partial charge in [-0.25, -0.2) is 22.7 Å². The van der Waals surface area contributed by atoms with Gasteiger partial charge in [-0.05, 0) is 24.6 Å². The summed E-state index contributed by atoms with van der Waals surface area (Å²) in [5.74, 6) is -3.68. The summed E-state index contributed by atoms with van der Waals surface area (Å²) in [5.41, 5.74) is 0.687. The Morgan fingerprint density at radius 3 is 2.44 bits per heavy atom. The van der Waals surface area contributed by atoms with E-state index in [-0.39, 0.29) is 11.0 Å². The molecule has 0 atom stereocenters. The van der Waals surface area contributed by atoms with Crippen molar-refractivity contribution < 1.29 is 44.7 Å². The first-order valence-corrected chi connectivity index (χ1v) is 10.6. The fourth-order valence-corrected chi connectivity index (χ4v) is 3.75. The number of fused-ring (bicyclic) bond motifs is 1. The molecule has 8 nitrogen and oxygen atoms in total. The number of rotatable bonds is 5. The maximum absolute atomic E-state index is 14.4. The van der Waals surface area contributed by atoms with Crippen molar-refractivity contribution in [2.45, 2.75) is 17.7 Å². The normalized spacial score (nSPS) is 14.3. The lowest BCUT2D eigenvalue weighted by Gasteiger charge is -2.33. The number of carbonyl (C=O) groups is 1. The first-order chi connectivity index (χ1) is 14.9. The summed E-state index contributed by atoms with van der Waals surface area (Å²) in [6, 6.07) is 6.08. The second-order valence-electron chi connectivity index (χ2n) is 6.88. The molecule has 0 spiro atoms. The topological polar surface area (TPSA) is 112 Å². The first-order valence-electron chi connectivity index (χ1n) is 9.03. The standard InChI is InChI=1S/C19H14F4N2O6S/c20-13-6-10(25-4-1-5-25)7-15-12(13)9-16(30-15)18(26)29-11-2-3-14(31-19(21,22)23)17(8-11)32(24,27)28/h2-3,6-9H,1,4-5H2,(H2,24,27,28). The smallest absolute Gasteiger partial charge is 0.449 e. The van der Waals surface area contributed by atoms with Crippen molar-refractivity contribution in [2.75, 3.05) is 18.0 Å². The van der Waals surface area contributed by atoms with Crippen LogP contribution in [0.15, 0.2) is 45.7 Å². The molecule has 1 saturated heterocycles.